The molecule has 1 aliphatic rings. The highest BCUT2D eigenvalue weighted by Crippen LogP contribution is 2.14. The van der Waals surface area contributed by atoms with E-state index >= 15 is 0 Å². The predicted molar refractivity (Wildman–Crippen MR) is 76.6 cm³/mol. The summed E-state index contributed by atoms with van der Waals surface area (Å²) in [5, 5.41) is 0. The first-order chi connectivity index (χ1) is 9.19. The molecule has 1 heterocycles. The lowest BCUT2D eigenvalue weighted by atomic mass is 10.1. The lowest BCUT2D eigenvalue weighted by Gasteiger charge is -2.31. The van der Waals surface area contributed by atoms with Crippen LogP contribution in [0.2, 0.25) is 0 Å². The van der Waals surface area contributed by atoms with Crippen LogP contribution < -0.4 is 0 Å². The minimum atomic E-state index is 0.206. The van der Waals surface area contributed by atoms with Gasteiger partial charge in [0.1, 0.15) is 0 Å². The maximum atomic E-state index is 12.2. The van der Waals surface area contributed by atoms with Crippen LogP contribution in [0.3, 0.4) is 0 Å². The highest BCUT2D eigenvalue weighted by Gasteiger charge is 2.21. The second kappa shape index (κ2) is 6.83. The summed E-state index contributed by atoms with van der Waals surface area (Å²) in [7, 11) is 0. The molecule has 0 amide bonds. The topological polar surface area (TPSA) is 29.5 Å². The van der Waals surface area contributed by atoms with Crippen molar-refractivity contribution in [2.24, 2.45) is 0 Å². The summed E-state index contributed by atoms with van der Waals surface area (Å²) in [5.74, 6) is 0.206. The molecule has 3 heteroatoms. The van der Waals surface area contributed by atoms with E-state index in [1.807, 2.05) is 38.1 Å². The van der Waals surface area contributed by atoms with Gasteiger partial charge < -0.3 is 4.74 Å². The lowest BCUT2D eigenvalue weighted by Crippen LogP contribution is -2.42. The standard InChI is InChI=1S/C16H23NO2/c1-3-19-15-5-4-10-17(11-15)12-16(18)14-8-6-13(2)7-9-14/h6-9,15H,3-5,10-12H2,1-2H3. The first kappa shape index (κ1) is 14.2. The van der Waals surface area contributed by atoms with Crippen molar-refractivity contribution in [3.63, 3.8) is 0 Å². The number of nitrogens with zero attached hydrogens (tertiary/aromatic N) is 1. The molecule has 0 N–H and O–H groups in total. The molecule has 0 saturated carbocycles. The molecule has 1 atom stereocenters. The number of rotatable bonds is 5. The van der Waals surface area contributed by atoms with Gasteiger partial charge in [0.05, 0.1) is 12.6 Å². The Morgan fingerprint density at radius 3 is 2.79 bits per heavy atom. The van der Waals surface area contributed by atoms with Crippen LogP contribution >= 0.6 is 0 Å². The Labute approximate surface area is 115 Å². The van der Waals surface area contributed by atoms with Crippen LogP contribution in [0.5, 0.6) is 0 Å². The highest BCUT2D eigenvalue weighted by molar-refractivity contribution is 5.97. The average molecular weight is 261 g/mol. The third-order valence-electron chi connectivity index (χ3n) is 3.61. The van der Waals surface area contributed by atoms with Crippen molar-refractivity contribution in [3.8, 4) is 0 Å². The fraction of sp³-hybridized carbons (Fsp3) is 0.562. The fourth-order valence-electron chi connectivity index (χ4n) is 2.56. The molecule has 0 radical (unpaired) electrons. The Morgan fingerprint density at radius 1 is 1.37 bits per heavy atom. The van der Waals surface area contributed by atoms with Crippen molar-refractivity contribution in [3.05, 3.63) is 35.4 Å². The summed E-state index contributed by atoms with van der Waals surface area (Å²) in [6.07, 6.45) is 2.53. The number of aryl methyl sites for hydroxylation is 1. The number of benzene rings is 1. The van der Waals surface area contributed by atoms with Crippen molar-refractivity contribution in [1.82, 2.24) is 4.90 Å². The largest absolute Gasteiger partial charge is 0.377 e. The molecule has 104 valence electrons. The molecule has 1 fully saturated rings. The first-order valence-corrected chi connectivity index (χ1v) is 7.13. The van der Waals surface area contributed by atoms with Gasteiger partial charge in [-0.1, -0.05) is 29.8 Å². The van der Waals surface area contributed by atoms with Crippen molar-refractivity contribution in [2.45, 2.75) is 32.8 Å². The van der Waals surface area contributed by atoms with Crippen LogP contribution in [0.4, 0.5) is 0 Å². The van der Waals surface area contributed by atoms with Gasteiger partial charge in [-0.2, -0.15) is 0 Å². The molecule has 19 heavy (non-hydrogen) atoms. The van der Waals surface area contributed by atoms with Crippen LogP contribution in [0.1, 0.15) is 35.7 Å². The van der Waals surface area contributed by atoms with E-state index in [0.717, 1.165) is 38.1 Å². The van der Waals surface area contributed by atoms with Crippen LogP contribution in [-0.2, 0) is 4.74 Å². The summed E-state index contributed by atoms with van der Waals surface area (Å²) in [4.78, 5) is 14.4. The van der Waals surface area contributed by atoms with Crippen LogP contribution in [0, 0.1) is 6.92 Å². The number of Topliss-reactive ketones (excluding diaryl/α,β-unsaturated/α-hetero) is 1. The van der Waals surface area contributed by atoms with Gasteiger partial charge in [-0.3, -0.25) is 9.69 Å². The van der Waals surface area contributed by atoms with Crippen molar-refractivity contribution in [2.75, 3.05) is 26.2 Å². The normalized spacial score (nSPS) is 20.4. The van der Waals surface area contributed by atoms with E-state index in [1.165, 1.54) is 5.56 Å². The van der Waals surface area contributed by atoms with E-state index in [-0.39, 0.29) is 5.78 Å². The number of hydrogen-bond donors (Lipinski definition) is 0. The minimum absolute atomic E-state index is 0.206. The summed E-state index contributed by atoms with van der Waals surface area (Å²) in [6.45, 7) is 7.20. The summed E-state index contributed by atoms with van der Waals surface area (Å²) in [5.41, 5.74) is 2.00. The summed E-state index contributed by atoms with van der Waals surface area (Å²) in [6, 6.07) is 7.82. The zero-order valence-corrected chi connectivity index (χ0v) is 11.9. The smallest absolute Gasteiger partial charge is 0.176 e. The summed E-state index contributed by atoms with van der Waals surface area (Å²) >= 11 is 0. The first-order valence-electron chi connectivity index (χ1n) is 7.13. The fourth-order valence-corrected chi connectivity index (χ4v) is 2.56. The van der Waals surface area contributed by atoms with Crippen molar-refractivity contribution in [1.29, 1.82) is 0 Å². The molecule has 1 unspecified atom stereocenters. The molecule has 0 aliphatic carbocycles. The van der Waals surface area contributed by atoms with Crippen LogP contribution in [-0.4, -0.2) is 43.0 Å². The van der Waals surface area contributed by atoms with Crippen LogP contribution in [0.15, 0.2) is 24.3 Å². The Morgan fingerprint density at radius 2 is 2.11 bits per heavy atom. The van der Waals surface area contributed by atoms with Crippen molar-refractivity contribution >= 4 is 5.78 Å². The average Bonchev–Trinajstić information content (AvgIpc) is 2.40. The van der Waals surface area contributed by atoms with E-state index in [0.29, 0.717) is 12.6 Å². The predicted octanol–water partition coefficient (Wildman–Crippen LogP) is 2.68. The Hall–Kier alpha value is -1.19. The van der Waals surface area contributed by atoms with Crippen LogP contribution in [0.25, 0.3) is 0 Å². The number of likely N-dealkylation sites (tertiary alicyclic amines) is 1. The second-order valence-electron chi connectivity index (χ2n) is 5.24. The van der Waals surface area contributed by atoms with Gasteiger partial charge in [-0.05, 0) is 33.2 Å². The zero-order chi connectivity index (χ0) is 13.7. The van der Waals surface area contributed by atoms with E-state index in [9.17, 15) is 4.79 Å². The van der Waals surface area contributed by atoms with Crippen molar-refractivity contribution < 1.29 is 9.53 Å². The Kier molecular flexibility index (Phi) is 5.11. The minimum Gasteiger partial charge on any atom is -0.377 e. The number of carbonyl (C=O) groups is 1. The van der Waals surface area contributed by atoms with Gasteiger partial charge in [0, 0.05) is 18.7 Å². The highest BCUT2D eigenvalue weighted by atomic mass is 16.5. The molecule has 0 spiro atoms. The molecule has 3 nitrogen and oxygen atoms in total. The van der Waals surface area contributed by atoms with Gasteiger partial charge in [-0.15, -0.1) is 0 Å². The Bertz CT molecular complexity index is 411. The molecule has 1 saturated heterocycles. The SMILES string of the molecule is CCOC1CCCN(CC(=O)c2ccc(C)cc2)C1. The quantitative estimate of drug-likeness (QED) is 0.763. The molecular formula is C16H23NO2. The number of carbonyl (C=O) groups excluding carboxylic acids is 1. The molecule has 1 aromatic carbocycles. The second-order valence-corrected chi connectivity index (χ2v) is 5.24. The van der Waals surface area contributed by atoms with E-state index in [4.69, 9.17) is 4.74 Å². The number of ether oxygens (including phenoxy) is 1. The maximum Gasteiger partial charge on any atom is 0.176 e. The molecule has 0 bridgehead atoms. The lowest BCUT2D eigenvalue weighted by molar-refractivity contribution is 0.00718. The van der Waals surface area contributed by atoms with E-state index in [2.05, 4.69) is 4.90 Å². The zero-order valence-electron chi connectivity index (χ0n) is 11.9. The van der Waals surface area contributed by atoms with Gasteiger partial charge >= 0.3 is 0 Å². The van der Waals surface area contributed by atoms with Gasteiger partial charge in [0.2, 0.25) is 0 Å². The third kappa shape index (κ3) is 4.15. The molecular weight excluding hydrogens is 238 g/mol. The number of hydrogen-bond acceptors (Lipinski definition) is 3. The molecule has 1 aromatic rings. The molecule has 1 aliphatic heterocycles. The molecule has 0 aromatic heterocycles. The van der Waals surface area contributed by atoms with Gasteiger partial charge in [0.25, 0.3) is 0 Å². The van der Waals surface area contributed by atoms with Gasteiger partial charge in [-0.25, -0.2) is 0 Å². The maximum absolute atomic E-state index is 12.2. The Balaban J connectivity index is 1.89. The van der Waals surface area contributed by atoms with E-state index in [1.54, 1.807) is 0 Å². The monoisotopic (exact) mass is 261 g/mol. The third-order valence-corrected chi connectivity index (χ3v) is 3.61. The molecule has 2 rings (SSSR count). The van der Waals surface area contributed by atoms with E-state index < -0.39 is 0 Å². The summed E-state index contributed by atoms with van der Waals surface area (Å²) < 4.78 is 5.66. The number of ketones is 1. The number of piperidine rings is 1. The van der Waals surface area contributed by atoms with Gasteiger partial charge in [0.15, 0.2) is 5.78 Å².